The van der Waals surface area contributed by atoms with Crippen molar-refractivity contribution >= 4 is 0 Å². The highest BCUT2D eigenvalue weighted by Crippen LogP contribution is 2.42. The minimum Gasteiger partial charge on any atom is -0.508 e. The molecule has 2 aromatic carbocycles. The maximum atomic E-state index is 9.63. The van der Waals surface area contributed by atoms with Gasteiger partial charge < -0.3 is 19.9 Å². The van der Waals surface area contributed by atoms with E-state index in [9.17, 15) is 5.11 Å². The first-order chi connectivity index (χ1) is 9.83. The Balaban J connectivity index is 1.83. The van der Waals surface area contributed by atoms with Crippen molar-refractivity contribution < 1.29 is 14.6 Å². The SMILES string of the molecule is Oc1ccc2c(c1)CCNC2c1cccc2c1OCO2. The fourth-order valence-electron chi connectivity index (χ4n) is 3.01. The van der Waals surface area contributed by atoms with Gasteiger partial charge in [-0.05, 0) is 35.7 Å². The highest BCUT2D eigenvalue weighted by molar-refractivity contribution is 5.54. The third-order valence-electron chi connectivity index (χ3n) is 3.92. The molecule has 2 heterocycles. The van der Waals surface area contributed by atoms with Gasteiger partial charge in [-0.1, -0.05) is 18.2 Å². The number of phenolic OH excluding ortho intramolecular Hbond substituents is 1. The zero-order valence-electron chi connectivity index (χ0n) is 10.9. The van der Waals surface area contributed by atoms with E-state index in [1.807, 2.05) is 24.3 Å². The number of hydrogen-bond donors (Lipinski definition) is 2. The molecule has 4 rings (SSSR count). The average molecular weight is 269 g/mol. The van der Waals surface area contributed by atoms with E-state index < -0.39 is 0 Å². The molecule has 0 radical (unpaired) electrons. The Morgan fingerprint density at radius 1 is 1.10 bits per heavy atom. The van der Waals surface area contributed by atoms with Gasteiger partial charge in [0.1, 0.15) is 5.75 Å². The summed E-state index contributed by atoms with van der Waals surface area (Å²) in [4.78, 5) is 0. The van der Waals surface area contributed by atoms with Crippen molar-refractivity contribution in [3.8, 4) is 17.2 Å². The second kappa shape index (κ2) is 4.42. The zero-order valence-corrected chi connectivity index (χ0v) is 10.9. The Labute approximate surface area is 117 Å². The Bertz CT molecular complexity index is 669. The van der Waals surface area contributed by atoms with Gasteiger partial charge >= 0.3 is 0 Å². The lowest BCUT2D eigenvalue weighted by Gasteiger charge is -2.28. The summed E-state index contributed by atoms with van der Waals surface area (Å²) < 4.78 is 11.1. The number of rotatable bonds is 1. The largest absolute Gasteiger partial charge is 0.508 e. The summed E-state index contributed by atoms with van der Waals surface area (Å²) in [6.45, 7) is 1.16. The lowest BCUT2D eigenvalue weighted by molar-refractivity contribution is 0.173. The number of ether oxygens (including phenoxy) is 2. The van der Waals surface area contributed by atoms with Crippen LogP contribution in [-0.2, 0) is 6.42 Å². The van der Waals surface area contributed by atoms with Gasteiger partial charge in [-0.2, -0.15) is 0 Å². The molecule has 20 heavy (non-hydrogen) atoms. The Morgan fingerprint density at radius 3 is 3.00 bits per heavy atom. The van der Waals surface area contributed by atoms with Crippen LogP contribution in [0.1, 0.15) is 22.7 Å². The van der Waals surface area contributed by atoms with Crippen LogP contribution in [0, 0.1) is 0 Å². The molecule has 0 aromatic heterocycles. The van der Waals surface area contributed by atoms with Gasteiger partial charge in [-0.15, -0.1) is 0 Å². The summed E-state index contributed by atoms with van der Waals surface area (Å²) in [6.07, 6.45) is 0.923. The van der Waals surface area contributed by atoms with Crippen LogP contribution in [0.25, 0.3) is 0 Å². The van der Waals surface area contributed by atoms with E-state index in [1.165, 1.54) is 11.1 Å². The highest BCUT2D eigenvalue weighted by atomic mass is 16.7. The van der Waals surface area contributed by atoms with Crippen molar-refractivity contribution in [1.82, 2.24) is 5.32 Å². The summed E-state index contributed by atoms with van der Waals surface area (Å²) in [7, 11) is 0. The molecule has 0 fully saturated rings. The van der Waals surface area contributed by atoms with Crippen molar-refractivity contribution in [2.75, 3.05) is 13.3 Å². The first-order valence-electron chi connectivity index (χ1n) is 6.76. The van der Waals surface area contributed by atoms with E-state index in [-0.39, 0.29) is 12.8 Å². The van der Waals surface area contributed by atoms with E-state index in [1.54, 1.807) is 6.07 Å². The van der Waals surface area contributed by atoms with Crippen LogP contribution in [0.2, 0.25) is 0 Å². The summed E-state index contributed by atoms with van der Waals surface area (Å²) >= 11 is 0. The summed E-state index contributed by atoms with van der Waals surface area (Å²) in [6, 6.07) is 11.6. The van der Waals surface area contributed by atoms with Gasteiger partial charge in [-0.3, -0.25) is 0 Å². The van der Waals surface area contributed by atoms with E-state index in [4.69, 9.17) is 9.47 Å². The van der Waals surface area contributed by atoms with Crippen LogP contribution in [0.5, 0.6) is 17.2 Å². The molecule has 4 heteroatoms. The van der Waals surface area contributed by atoms with Gasteiger partial charge in [0.05, 0.1) is 6.04 Å². The second-order valence-corrected chi connectivity index (χ2v) is 5.10. The molecule has 1 atom stereocenters. The number of aromatic hydroxyl groups is 1. The molecule has 2 N–H and O–H groups in total. The molecule has 2 aliphatic heterocycles. The molecule has 4 nitrogen and oxygen atoms in total. The van der Waals surface area contributed by atoms with E-state index >= 15 is 0 Å². The molecule has 0 saturated carbocycles. The number of hydrogen-bond acceptors (Lipinski definition) is 4. The first-order valence-corrected chi connectivity index (χ1v) is 6.76. The van der Waals surface area contributed by atoms with Gasteiger partial charge in [0.15, 0.2) is 11.5 Å². The topological polar surface area (TPSA) is 50.7 Å². The van der Waals surface area contributed by atoms with Crippen LogP contribution in [0.4, 0.5) is 0 Å². The van der Waals surface area contributed by atoms with E-state index in [2.05, 4.69) is 11.4 Å². The van der Waals surface area contributed by atoms with Gasteiger partial charge in [0.2, 0.25) is 6.79 Å². The minimum absolute atomic E-state index is 0.0796. The third kappa shape index (κ3) is 1.72. The molecule has 0 aliphatic carbocycles. The lowest BCUT2D eigenvalue weighted by atomic mass is 9.89. The number of para-hydroxylation sites is 1. The smallest absolute Gasteiger partial charge is 0.231 e. The summed E-state index contributed by atoms with van der Waals surface area (Å²) in [5.41, 5.74) is 3.47. The molecular weight excluding hydrogens is 254 g/mol. The number of nitrogens with one attached hydrogen (secondary N) is 1. The fourth-order valence-corrected chi connectivity index (χ4v) is 3.01. The van der Waals surface area contributed by atoms with Crippen LogP contribution in [0.3, 0.4) is 0 Å². The Kier molecular flexibility index (Phi) is 2.57. The molecule has 0 amide bonds. The van der Waals surface area contributed by atoms with Crippen LogP contribution < -0.4 is 14.8 Å². The zero-order chi connectivity index (χ0) is 13.5. The van der Waals surface area contributed by atoms with Crippen molar-refractivity contribution in [3.63, 3.8) is 0 Å². The standard InChI is InChI=1S/C16H15NO3/c18-11-4-5-12-10(8-11)6-7-17-15(12)13-2-1-3-14-16(13)20-9-19-14/h1-5,8,15,17-18H,6-7,9H2. The monoisotopic (exact) mass is 269 g/mol. The number of benzene rings is 2. The first kappa shape index (κ1) is 11.6. The maximum absolute atomic E-state index is 9.63. The fraction of sp³-hybridized carbons (Fsp3) is 0.250. The van der Waals surface area contributed by atoms with Crippen molar-refractivity contribution in [2.24, 2.45) is 0 Å². The molecule has 0 spiro atoms. The Morgan fingerprint density at radius 2 is 2.05 bits per heavy atom. The second-order valence-electron chi connectivity index (χ2n) is 5.10. The number of phenols is 1. The molecular formula is C16H15NO3. The van der Waals surface area contributed by atoms with Crippen LogP contribution in [-0.4, -0.2) is 18.4 Å². The molecule has 1 unspecified atom stereocenters. The van der Waals surface area contributed by atoms with E-state index in [0.717, 1.165) is 30.0 Å². The van der Waals surface area contributed by atoms with Gasteiger partial charge in [0, 0.05) is 12.1 Å². The quantitative estimate of drug-likeness (QED) is 0.834. The van der Waals surface area contributed by atoms with Crippen molar-refractivity contribution in [3.05, 3.63) is 53.1 Å². The normalized spacial score (nSPS) is 19.7. The maximum Gasteiger partial charge on any atom is 0.231 e. The van der Waals surface area contributed by atoms with E-state index in [0.29, 0.717) is 5.75 Å². The predicted molar refractivity (Wildman–Crippen MR) is 74.2 cm³/mol. The highest BCUT2D eigenvalue weighted by Gasteiger charge is 2.27. The summed E-state index contributed by atoms with van der Waals surface area (Å²) in [5, 5.41) is 13.2. The van der Waals surface area contributed by atoms with Crippen LogP contribution >= 0.6 is 0 Å². The minimum atomic E-state index is 0.0796. The molecule has 2 aromatic rings. The molecule has 0 bridgehead atoms. The predicted octanol–water partition coefficient (Wildman–Crippen LogP) is 2.36. The Hall–Kier alpha value is -2.20. The van der Waals surface area contributed by atoms with Gasteiger partial charge in [-0.25, -0.2) is 0 Å². The summed E-state index contributed by atoms with van der Waals surface area (Å²) in [5.74, 6) is 1.95. The molecule has 2 aliphatic rings. The molecule has 102 valence electrons. The average Bonchev–Trinajstić information content (AvgIpc) is 2.94. The van der Waals surface area contributed by atoms with Gasteiger partial charge in [0.25, 0.3) is 0 Å². The lowest BCUT2D eigenvalue weighted by Crippen LogP contribution is -2.30. The number of fused-ring (bicyclic) bond motifs is 2. The molecule has 0 saturated heterocycles. The third-order valence-corrected chi connectivity index (χ3v) is 3.92. The van der Waals surface area contributed by atoms with Crippen molar-refractivity contribution in [2.45, 2.75) is 12.5 Å². The van der Waals surface area contributed by atoms with Crippen molar-refractivity contribution in [1.29, 1.82) is 0 Å². The van der Waals surface area contributed by atoms with Crippen LogP contribution in [0.15, 0.2) is 36.4 Å².